The molecule has 0 aliphatic heterocycles. The zero-order valence-corrected chi connectivity index (χ0v) is 15.5. The van der Waals surface area contributed by atoms with Crippen LogP contribution in [-0.2, 0) is 16.6 Å². The molecule has 1 aromatic carbocycles. The van der Waals surface area contributed by atoms with Crippen LogP contribution in [0.5, 0.6) is 0 Å². The molecule has 0 spiro atoms. The average Bonchev–Trinajstić information content (AvgIpc) is 3.36. The van der Waals surface area contributed by atoms with Crippen LogP contribution in [0.3, 0.4) is 0 Å². The highest BCUT2D eigenvalue weighted by atomic mass is 32.2. The van der Waals surface area contributed by atoms with Gasteiger partial charge in [-0.3, -0.25) is 0 Å². The molecular weight excluding hydrogens is 376 g/mol. The van der Waals surface area contributed by atoms with Crippen LogP contribution in [0.25, 0.3) is 21.5 Å². The van der Waals surface area contributed by atoms with Crippen LogP contribution < -0.4 is 0 Å². The molecule has 26 heavy (non-hydrogen) atoms. The Hall–Kier alpha value is -2.63. The first kappa shape index (κ1) is 16.8. The molecule has 9 nitrogen and oxygen atoms in total. The molecule has 0 saturated carbocycles. The van der Waals surface area contributed by atoms with Crippen molar-refractivity contribution in [1.82, 2.24) is 30.1 Å². The summed E-state index contributed by atoms with van der Waals surface area (Å²) in [5, 5.41) is 18.5. The number of aromatic nitrogens is 5. The number of nitrogens with zero attached hydrogens (tertiary/aromatic N) is 5. The van der Waals surface area contributed by atoms with Gasteiger partial charge >= 0.3 is 0 Å². The number of nitrogens with one attached hydrogen (secondary N) is 1. The van der Waals surface area contributed by atoms with Gasteiger partial charge in [-0.15, -0.1) is 21.5 Å². The molecule has 0 amide bonds. The van der Waals surface area contributed by atoms with E-state index in [9.17, 15) is 8.42 Å². The largest absolute Gasteiger partial charge is 0.364 e. The summed E-state index contributed by atoms with van der Waals surface area (Å²) in [6, 6.07) is 7.23. The number of sulfonamides is 1. The zero-order valence-electron chi connectivity index (χ0n) is 13.9. The highest BCUT2D eigenvalue weighted by Gasteiger charge is 2.27. The number of H-pyrrole nitrogens is 1. The van der Waals surface area contributed by atoms with E-state index in [-0.39, 0.29) is 6.54 Å². The van der Waals surface area contributed by atoms with Crippen LogP contribution in [0, 0.1) is 6.92 Å². The van der Waals surface area contributed by atoms with Crippen molar-refractivity contribution in [2.45, 2.75) is 17.7 Å². The number of hydrogen-bond donors (Lipinski definition) is 1. The van der Waals surface area contributed by atoms with Crippen molar-refractivity contribution in [3.05, 3.63) is 41.8 Å². The number of rotatable bonds is 5. The van der Waals surface area contributed by atoms with Crippen LogP contribution >= 0.6 is 11.3 Å². The predicted molar refractivity (Wildman–Crippen MR) is 94.9 cm³/mol. The predicted octanol–water partition coefficient (Wildman–Crippen LogP) is 2.20. The molecule has 4 rings (SSSR count). The quantitative estimate of drug-likeness (QED) is 0.555. The number of aromatic amines is 1. The SMILES string of the molecule is Cc1c(S(=O)(=O)N(C)Cc2ccon2)sc2ccc(-c3nn[nH]n3)cc12. The van der Waals surface area contributed by atoms with E-state index in [2.05, 4.69) is 25.8 Å². The second-order valence-electron chi connectivity index (χ2n) is 5.71. The molecule has 3 heterocycles. The van der Waals surface area contributed by atoms with Crippen LogP contribution in [0.4, 0.5) is 0 Å². The second kappa shape index (κ2) is 6.27. The Morgan fingerprint density at radius 3 is 2.85 bits per heavy atom. The van der Waals surface area contributed by atoms with E-state index in [0.717, 1.165) is 15.6 Å². The fourth-order valence-corrected chi connectivity index (χ4v) is 5.72. The van der Waals surface area contributed by atoms with Crippen LogP contribution in [0.1, 0.15) is 11.3 Å². The minimum absolute atomic E-state index is 0.140. The van der Waals surface area contributed by atoms with Crippen molar-refractivity contribution in [1.29, 1.82) is 0 Å². The highest BCUT2D eigenvalue weighted by molar-refractivity contribution is 7.91. The lowest BCUT2D eigenvalue weighted by Crippen LogP contribution is -2.26. The first-order chi connectivity index (χ1) is 12.5. The summed E-state index contributed by atoms with van der Waals surface area (Å²) < 4.78 is 33.2. The van der Waals surface area contributed by atoms with Gasteiger partial charge in [-0.05, 0) is 41.3 Å². The molecular formula is C15H14N6O3S2. The van der Waals surface area contributed by atoms with Crippen LogP contribution in [0.15, 0.2) is 39.3 Å². The Bertz CT molecular complexity index is 1150. The first-order valence-electron chi connectivity index (χ1n) is 7.59. The lowest BCUT2D eigenvalue weighted by Gasteiger charge is -2.15. The summed E-state index contributed by atoms with van der Waals surface area (Å²) in [4.78, 5) is 0. The number of hydrogen-bond acceptors (Lipinski definition) is 8. The topological polar surface area (TPSA) is 118 Å². The molecule has 0 aliphatic rings. The number of benzene rings is 1. The van der Waals surface area contributed by atoms with Gasteiger partial charge in [-0.25, -0.2) is 8.42 Å². The Labute approximate surface area is 152 Å². The van der Waals surface area contributed by atoms with Gasteiger partial charge in [0.1, 0.15) is 10.5 Å². The van der Waals surface area contributed by atoms with Gasteiger partial charge in [0.15, 0.2) is 0 Å². The van der Waals surface area contributed by atoms with E-state index in [1.54, 1.807) is 13.0 Å². The van der Waals surface area contributed by atoms with E-state index in [1.807, 2.05) is 18.2 Å². The van der Waals surface area contributed by atoms with Gasteiger partial charge in [0.05, 0.1) is 12.2 Å². The summed E-state index contributed by atoms with van der Waals surface area (Å²) in [5.41, 5.74) is 2.02. The molecule has 4 aromatic rings. The first-order valence-corrected chi connectivity index (χ1v) is 9.85. The lowest BCUT2D eigenvalue weighted by molar-refractivity contribution is 0.394. The molecule has 134 valence electrons. The van der Waals surface area contributed by atoms with Crippen molar-refractivity contribution < 1.29 is 12.9 Å². The smallest absolute Gasteiger partial charge is 0.252 e. The summed E-state index contributed by atoms with van der Waals surface area (Å²) >= 11 is 1.24. The molecule has 0 aliphatic carbocycles. The summed E-state index contributed by atoms with van der Waals surface area (Å²) in [6.45, 7) is 1.94. The fraction of sp³-hybridized carbons (Fsp3) is 0.200. The van der Waals surface area contributed by atoms with Gasteiger partial charge in [-0.1, -0.05) is 5.16 Å². The monoisotopic (exact) mass is 390 g/mol. The van der Waals surface area contributed by atoms with Crippen LogP contribution in [0.2, 0.25) is 0 Å². The molecule has 1 N–H and O–H groups in total. The molecule has 3 aromatic heterocycles. The van der Waals surface area contributed by atoms with Crippen molar-refractivity contribution in [3.63, 3.8) is 0 Å². The van der Waals surface area contributed by atoms with E-state index in [4.69, 9.17) is 4.52 Å². The van der Waals surface area contributed by atoms with Crippen molar-refractivity contribution in [2.75, 3.05) is 7.05 Å². The maximum absolute atomic E-state index is 13.0. The third kappa shape index (κ3) is 2.79. The van der Waals surface area contributed by atoms with Gasteiger partial charge in [-0.2, -0.15) is 9.52 Å². The highest BCUT2D eigenvalue weighted by Crippen LogP contribution is 2.37. The zero-order chi connectivity index (χ0) is 18.3. The van der Waals surface area contributed by atoms with Crippen molar-refractivity contribution in [3.8, 4) is 11.4 Å². The Morgan fingerprint density at radius 1 is 1.31 bits per heavy atom. The van der Waals surface area contributed by atoms with Gasteiger partial charge in [0.25, 0.3) is 10.0 Å². The van der Waals surface area contributed by atoms with Crippen molar-refractivity contribution >= 4 is 31.4 Å². The molecule has 0 atom stereocenters. The standard InChI is InChI=1S/C15H14N6O3S2/c1-9-12-7-10(14-16-19-20-17-14)3-4-13(12)25-15(9)26(22,23)21(2)8-11-5-6-24-18-11/h3-7H,8H2,1-2H3,(H,16,17,19,20). The third-order valence-electron chi connectivity index (χ3n) is 4.02. The van der Waals surface area contributed by atoms with Gasteiger partial charge in [0, 0.05) is 23.4 Å². The maximum atomic E-state index is 13.0. The Morgan fingerprint density at radius 2 is 2.15 bits per heavy atom. The third-order valence-corrected chi connectivity index (χ3v) is 7.69. The van der Waals surface area contributed by atoms with Gasteiger partial charge < -0.3 is 4.52 Å². The fourth-order valence-electron chi connectivity index (χ4n) is 2.64. The van der Waals surface area contributed by atoms with E-state index < -0.39 is 10.0 Å². The molecule has 0 bridgehead atoms. The molecule has 11 heteroatoms. The normalized spacial score (nSPS) is 12.3. The maximum Gasteiger partial charge on any atom is 0.252 e. The lowest BCUT2D eigenvalue weighted by atomic mass is 10.1. The van der Waals surface area contributed by atoms with Gasteiger partial charge in [0.2, 0.25) is 5.82 Å². The minimum atomic E-state index is -3.65. The summed E-state index contributed by atoms with van der Waals surface area (Å²) in [5.74, 6) is 0.463. The molecule has 0 unspecified atom stereocenters. The summed E-state index contributed by atoms with van der Waals surface area (Å²) in [6.07, 6.45) is 1.42. The van der Waals surface area contributed by atoms with Crippen LogP contribution in [-0.4, -0.2) is 45.6 Å². The summed E-state index contributed by atoms with van der Waals surface area (Å²) in [7, 11) is -2.13. The number of tetrazole rings is 1. The Kier molecular flexibility index (Phi) is 4.05. The molecule has 0 radical (unpaired) electrons. The van der Waals surface area contributed by atoms with E-state index in [1.165, 1.54) is 29.0 Å². The van der Waals surface area contributed by atoms with E-state index in [0.29, 0.717) is 21.3 Å². The number of fused-ring (bicyclic) bond motifs is 1. The number of thiophene rings is 1. The van der Waals surface area contributed by atoms with Crippen molar-refractivity contribution in [2.24, 2.45) is 0 Å². The molecule has 0 fully saturated rings. The second-order valence-corrected chi connectivity index (χ2v) is 9.01. The molecule has 0 saturated heterocycles. The average molecular weight is 390 g/mol. The van der Waals surface area contributed by atoms with E-state index >= 15 is 0 Å². The minimum Gasteiger partial charge on any atom is -0.364 e. The number of aryl methyl sites for hydroxylation is 1. The Balaban J connectivity index is 1.75.